The molecule has 0 heterocycles. The topological polar surface area (TPSA) is 98.7 Å². The highest BCUT2D eigenvalue weighted by molar-refractivity contribution is 5.84. The summed E-state index contributed by atoms with van der Waals surface area (Å²) in [6, 6.07) is 17.4. The SMILES string of the molecule is CN(Cc1ccccc1)C(=O)NCCC(=O)N[C@H](Cc1ccccc1)C(=O)O. The number of carboxylic acids is 1. The number of carboxylic acid groups (broad SMARTS) is 1. The molecule has 0 aliphatic rings. The van der Waals surface area contributed by atoms with Gasteiger partial charge in [0.05, 0.1) is 0 Å². The molecule has 0 unspecified atom stereocenters. The molecule has 1 atom stereocenters. The molecule has 3 N–H and O–H groups in total. The number of aliphatic carboxylic acids is 1. The molecule has 2 aromatic rings. The van der Waals surface area contributed by atoms with Crippen LogP contribution in [0.5, 0.6) is 0 Å². The van der Waals surface area contributed by atoms with Crippen molar-refractivity contribution in [3.8, 4) is 0 Å². The number of carbonyl (C=O) groups excluding carboxylic acids is 2. The lowest BCUT2D eigenvalue weighted by molar-refractivity contribution is -0.141. The van der Waals surface area contributed by atoms with Gasteiger partial charge in [0.2, 0.25) is 5.91 Å². The summed E-state index contributed by atoms with van der Waals surface area (Å²) in [6.45, 7) is 0.582. The lowest BCUT2D eigenvalue weighted by Gasteiger charge is -2.18. The number of hydrogen-bond donors (Lipinski definition) is 3. The van der Waals surface area contributed by atoms with Gasteiger partial charge in [0.1, 0.15) is 6.04 Å². The van der Waals surface area contributed by atoms with Crippen molar-refractivity contribution in [3.63, 3.8) is 0 Å². The zero-order chi connectivity index (χ0) is 20.4. The van der Waals surface area contributed by atoms with Crippen LogP contribution in [0.25, 0.3) is 0 Å². The number of carbonyl (C=O) groups is 3. The Hall–Kier alpha value is -3.35. The first kappa shape index (κ1) is 21.0. The average molecular weight is 383 g/mol. The summed E-state index contributed by atoms with van der Waals surface area (Å²) in [5, 5.41) is 14.5. The Morgan fingerprint density at radius 3 is 2.11 bits per heavy atom. The molecule has 0 bridgehead atoms. The first-order chi connectivity index (χ1) is 13.5. The van der Waals surface area contributed by atoms with Gasteiger partial charge in [-0.3, -0.25) is 4.79 Å². The fourth-order valence-corrected chi connectivity index (χ4v) is 2.66. The number of amides is 3. The van der Waals surface area contributed by atoms with Gasteiger partial charge < -0.3 is 20.6 Å². The minimum Gasteiger partial charge on any atom is -0.480 e. The normalized spacial score (nSPS) is 11.3. The highest BCUT2D eigenvalue weighted by Crippen LogP contribution is 2.04. The summed E-state index contributed by atoms with van der Waals surface area (Å²) in [5.74, 6) is -1.52. The van der Waals surface area contributed by atoms with Crippen LogP contribution >= 0.6 is 0 Å². The van der Waals surface area contributed by atoms with Gasteiger partial charge in [-0.2, -0.15) is 0 Å². The van der Waals surface area contributed by atoms with Crippen molar-refractivity contribution < 1.29 is 19.5 Å². The number of rotatable bonds is 9. The quantitative estimate of drug-likeness (QED) is 0.617. The zero-order valence-corrected chi connectivity index (χ0v) is 15.8. The second kappa shape index (κ2) is 10.7. The van der Waals surface area contributed by atoms with E-state index >= 15 is 0 Å². The molecule has 0 saturated carbocycles. The van der Waals surface area contributed by atoms with Crippen molar-refractivity contribution >= 4 is 17.9 Å². The Morgan fingerprint density at radius 1 is 0.964 bits per heavy atom. The smallest absolute Gasteiger partial charge is 0.326 e. The molecular weight excluding hydrogens is 358 g/mol. The molecule has 148 valence electrons. The molecule has 2 aromatic carbocycles. The Bertz CT molecular complexity index is 781. The summed E-state index contributed by atoms with van der Waals surface area (Å²) >= 11 is 0. The van der Waals surface area contributed by atoms with Crippen molar-refractivity contribution in [3.05, 3.63) is 71.8 Å². The van der Waals surface area contributed by atoms with Gasteiger partial charge in [-0.15, -0.1) is 0 Å². The van der Waals surface area contributed by atoms with Crippen molar-refractivity contribution in [1.82, 2.24) is 15.5 Å². The van der Waals surface area contributed by atoms with Crippen LogP contribution < -0.4 is 10.6 Å². The molecule has 0 aliphatic heterocycles. The maximum absolute atomic E-state index is 12.1. The van der Waals surface area contributed by atoms with Gasteiger partial charge in [0, 0.05) is 33.0 Å². The highest BCUT2D eigenvalue weighted by Gasteiger charge is 2.20. The van der Waals surface area contributed by atoms with Crippen molar-refractivity contribution in [1.29, 1.82) is 0 Å². The van der Waals surface area contributed by atoms with E-state index in [9.17, 15) is 19.5 Å². The predicted octanol–water partition coefficient (Wildman–Crippen LogP) is 2.03. The molecule has 0 aromatic heterocycles. The standard InChI is InChI=1S/C21H25N3O4/c1-24(15-17-10-6-3-7-11-17)21(28)22-13-12-19(25)23-18(20(26)27)14-16-8-4-2-5-9-16/h2-11,18H,12-15H2,1H3,(H,22,28)(H,23,25)(H,26,27)/t18-/m1/s1. The Balaban J connectivity index is 1.74. The van der Waals surface area contributed by atoms with Crippen molar-refractivity contribution in [2.75, 3.05) is 13.6 Å². The molecule has 3 amide bonds. The fraction of sp³-hybridized carbons (Fsp3) is 0.286. The van der Waals surface area contributed by atoms with E-state index in [1.807, 2.05) is 60.7 Å². The molecule has 0 saturated heterocycles. The molecular formula is C21H25N3O4. The molecule has 7 nitrogen and oxygen atoms in total. The van der Waals surface area contributed by atoms with Crippen LogP contribution in [0.15, 0.2) is 60.7 Å². The number of nitrogens with one attached hydrogen (secondary N) is 2. The molecule has 0 aliphatic carbocycles. The molecule has 0 radical (unpaired) electrons. The minimum absolute atomic E-state index is 0.00346. The van der Waals surface area contributed by atoms with Crippen LogP contribution in [0.2, 0.25) is 0 Å². The van der Waals surface area contributed by atoms with Gasteiger partial charge in [0.25, 0.3) is 0 Å². The number of nitrogens with zero attached hydrogens (tertiary/aromatic N) is 1. The molecule has 7 heteroatoms. The Labute approximate surface area is 164 Å². The van der Waals surface area contributed by atoms with E-state index in [4.69, 9.17) is 0 Å². The Kier molecular flexibility index (Phi) is 8.02. The zero-order valence-electron chi connectivity index (χ0n) is 15.8. The van der Waals surface area contributed by atoms with E-state index in [2.05, 4.69) is 10.6 Å². The number of benzene rings is 2. The third kappa shape index (κ3) is 7.11. The van der Waals surface area contributed by atoms with Gasteiger partial charge in [0.15, 0.2) is 0 Å². The maximum atomic E-state index is 12.1. The number of urea groups is 1. The first-order valence-corrected chi connectivity index (χ1v) is 9.04. The van der Waals surface area contributed by atoms with Crippen LogP contribution in [-0.2, 0) is 22.6 Å². The first-order valence-electron chi connectivity index (χ1n) is 9.04. The predicted molar refractivity (Wildman–Crippen MR) is 106 cm³/mol. The molecule has 28 heavy (non-hydrogen) atoms. The third-order valence-corrected chi connectivity index (χ3v) is 4.15. The molecule has 0 fully saturated rings. The van der Waals surface area contributed by atoms with E-state index in [0.29, 0.717) is 6.54 Å². The van der Waals surface area contributed by atoms with Crippen LogP contribution in [-0.4, -0.2) is 47.5 Å². The lowest BCUT2D eigenvalue weighted by Crippen LogP contribution is -2.44. The molecule has 2 rings (SSSR count). The van der Waals surface area contributed by atoms with Gasteiger partial charge in [-0.25, -0.2) is 9.59 Å². The summed E-state index contributed by atoms with van der Waals surface area (Å²) in [4.78, 5) is 37.1. The van der Waals surface area contributed by atoms with Gasteiger partial charge in [-0.1, -0.05) is 60.7 Å². The molecule has 0 spiro atoms. The van der Waals surface area contributed by atoms with E-state index in [-0.39, 0.29) is 25.4 Å². The maximum Gasteiger partial charge on any atom is 0.326 e. The van der Waals surface area contributed by atoms with Crippen molar-refractivity contribution in [2.45, 2.75) is 25.4 Å². The minimum atomic E-state index is -1.09. The van der Waals surface area contributed by atoms with E-state index in [0.717, 1.165) is 11.1 Å². The number of hydrogen-bond acceptors (Lipinski definition) is 3. The van der Waals surface area contributed by atoms with Crippen LogP contribution in [0.1, 0.15) is 17.5 Å². The van der Waals surface area contributed by atoms with Crippen LogP contribution in [0.3, 0.4) is 0 Å². The Morgan fingerprint density at radius 2 is 1.54 bits per heavy atom. The van der Waals surface area contributed by atoms with Gasteiger partial charge in [-0.05, 0) is 11.1 Å². The van der Waals surface area contributed by atoms with E-state index in [1.165, 1.54) is 4.90 Å². The summed E-state index contributed by atoms with van der Waals surface area (Å²) in [6.07, 6.45) is 0.206. The summed E-state index contributed by atoms with van der Waals surface area (Å²) < 4.78 is 0. The second-order valence-electron chi connectivity index (χ2n) is 6.47. The second-order valence-corrected chi connectivity index (χ2v) is 6.47. The van der Waals surface area contributed by atoms with Crippen LogP contribution in [0, 0.1) is 0 Å². The van der Waals surface area contributed by atoms with Crippen LogP contribution in [0.4, 0.5) is 4.79 Å². The average Bonchev–Trinajstić information content (AvgIpc) is 2.69. The fourth-order valence-electron chi connectivity index (χ4n) is 2.66. The van der Waals surface area contributed by atoms with E-state index in [1.54, 1.807) is 7.05 Å². The largest absolute Gasteiger partial charge is 0.480 e. The van der Waals surface area contributed by atoms with Crippen molar-refractivity contribution in [2.24, 2.45) is 0 Å². The van der Waals surface area contributed by atoms with E-state index < -0.39 is 17.9 Å². The van der Waals surface area contributed by atoms with Gasteiger partial charge >= 0.3 is 12.0 Å². The third-order valence-electron chi connectivity index (χ3n) is 4.15. The monoisotopic (exact) mass is 383 g/mol. The summed E-state index contributed by atoms with van der Waals surface area (Å²) in [5.41, 5.74) is 1.83. The highest BCUT2D eigenvalue weighted by atomic mass is 16.4. The summed E-state index contributed by atoms with van der Waals surface area (Å²) in [7, 11) is 1.67. The lowest BCUT2D eigenvalue weighted by atomic mass is 10.1.